The lowest BCUT2D eigenvalue weighted by Crippen LogP contribution is -2.47. The highest BCUT2D eigenvalue weighted by Gasteiger charge is 2.54. The standard InChI is InChI=1S/C26H23N3O4/c30-23(27-21-14-6-7-15-22(21)33-19-11-2-1-3-12-19)17-29-24(31)26(28-25(29)32)16-8-10-18-9-4-5-13-20(18)26/h1-7,9,11-15H,8,10,16-17H2,(H,27,30)(H,28,32)/t26-/m0/s1. The van der Waals surface area contributed by atoms with Gasteiger partial charge in [0.1, 0.15) is 17.8 Å². The number of rotatable bonds is 5. The predicted octanol–water partition coefficient (Wildman–Crippen LogP) is 4.20. The van der Waals surface area contributed by atoms with E-state index in [0.29, 0.717) is 23.6 Å². The van der Waals surface area contributed by atoms with Crippen LogP contribution in [0.5, 0.6) is 11.5 Å². The lowest BCUT2D eigenvalue weighted by atomic mass is 9.76. The van der Waals surface area contributed by atoms with E-state index in [-0.39, 0.29) is 12.5 Å². The Morgan fingerprint density at radius 1 is 0.970 bits per heavy atom. The fourth-order valence-electron chi connectivity index (χ4n) is 4.56. The molecule has 0 radical (unpaired) electrons. The van der Waals surface area contributed by atoms with E-state index in [1.165, 1.54) is 0 Å². The minimum absolute atomic E-state index is 0.381. The van der Waals surface area contributed by atoms with Crippen LogP contribution in [0.1, 0.15) is 24.0 Å². The number of nitrogens with one attached hydrogen (secondary N) is 2. The molecule has 0 aromatic heterocycles. The molecule has 1 heterocycles. The molecule has 0 saturated carbocycles. The molecule has 1 saturated heterocycles. The number of carbonyl (C=O) groups is 3. The molecule has 5 rings (SSSR count). The lowest BCUT2D eigenvalue weighted by Gasteiger charge is -2.33. The second kappa shape index (κ2) is 8.43. The first-order chi connectivity index (χ1) is 16.1. The molecule has 7 heteroatoms. The maximum absolute atomic E-state index is 13.4. The van der Waals surface area contributed by atoms with Gasteiger partial charge in [0.15, 0.2) is 5.75 Å². The third-order valence-corrected chi connectivity index (χ3v) is 6.08. The van der Waals surface area contributed by atoms with Crippen molar-refractivity contribution in [2.75, 3.05) is 11.9 Å². The SMILES string of the molecule is O=C(CN1C(=O)N[C@]2(CCCc3ccccc32)C1=O)Nc1ccccc1Oc1ccccc1. The Labute approximate surface area is 191 Å². The number of hydrogen-bond acceptors (Lipinski definition) is 4. The average molecular weight is 441 g/mol. The second-order valence-corrected chi connectivity index (χ2v) is 8.20. The molecule has 1 spiro atoms. The maximum Gasteiger partial charge on any atom is 0.325 e. The van der Waals surface area contributed by atoms with E-state index >= 15 is 0 Å². The van der Waals surface area contributed by atoms with Crippen LogP contribution in [-0.4, -0.2) is 29.3 Å². The monoisotopic (exact) mass is 441 g/mol. The zero-order valence-electron chi connectivity index (χ0n) is 17.9. The first kappa shape index (κ1) is 20.8. The third-order valence-electron chi connectivity index (χ3n) is 6.08. The summed E-state index contributed by atoms with van der Waals surface area (Å²) in [5.41, 5.74) is 1.23. The third kappa shape index (κ3) is 3.82. The Balaban J connectivity index is 1.33. The van der Waals surface area contributed by atoms with Crippen LogP contribution in [0.3, 0.4) is 0 Å². The highest BCUT2D eigenvalue weighted by molar-refractivity contribution is 6.10. The molecule has 1 aliphatic carbocycles. The van der Waals surface area contributed by atoms with Crippen molar-refractivity contribution in [3.63, 3.8) is 0 Å². The zero-order valence-corrected chi connectivity index (χ0v) is 17.9. The van der Waals surface area contributed by atoms with Gasteiger partial charge in [0.25, 0.3) is 5.91 Å². The van der Waals surface area contributed by atoms with Crippen molar-refractivity contribution in [3.05, 3.63) is 90.0 Å². The highest BCUT2D eigenvalue weighted by Crippen LogP contribution is 2.40. The largest absolute Gasteiger partial charge is 0.455 e. The Morgan fingerprint density at radius 3 is 2.55 bits per heavy atom. The molecule has 0 bridgehead atoms. The molecule has 3 aromatic carbocycles. The van der Waals surface area contributed by atoms with E-state index < -0.39 is 17.5 Å². The Kier molecular flexibility index (Phi) is 5.30. The van der Waals surface area contributed by atoms with Crippen molar-refractivity contribution >= 4 is 23.5 Å². The second-order valence-electron chi connectivity index (χ2n) is 8.20. The number of anilines is 1. The minimum Gasteiger partial charge on any atom is -0.455 e. The van der Waals surface area contributed by atoms with Crippen LogP contribution in [-0.2, 0) is 21.5 Å². The number of aryl methyl sites for hydroxylation is 1. The number of nitrogens with zero attached hydrogens (tertiary/aromatic N) is 1. The molecule has 1 fully saturated rings. The Hall–Kier alpha value is -4.13. The van der Waals surface area contributed by atoms with Crippen LogP contribution >= 0.6 is 0 Å². The topological polar surface area (TPSA) is 87.7 Å². The van der Waals surface area contributed by atoms with Gasteiger partial charge in [-0.25, -0.2) is 4.79 Å². The normalized spacial score (nSPS) is 19.2. The number of imide groups is 1. The zero-order chi connectivity index (χ0) is 22.8. The van der Waals surface area contributed by atoms with Crippen molar-refractivity contribution in [2.24, 2.45) is 0 Å². The number of carbonyl (C=O) groups excluding carboxylic acids is 3. The first-order valence-corrected chi connectivity index (χ1v) is 10.9. The Bertz CT molecular complexity index is 1230. The van der Waals surface area contributed by atoms with Gasteiger partial charge in [-0.15, -0.1) is 0 Å². The van der Waals surface area contributed by atoms with Gasteiger partial charge >= 0.3 is 6.03 Å². The fraction of sp³-hybridized carbons (Fsp3) is 0.192. The molecule has 4 amide bonds. The van der Waals surface area contributed by atoms with E-state index in [1.807, 2.05) is 54.6 Å². The molecule has 33 heavy (non-hydrogen) atoms. The summed E-state index contributed by atoms with van der Waals surface area (Å²) < 4.78 is 5.88. The van der Waals surface area contributed by atoms with Gasteiger partial charge in [0.2, 0.25) is 5.91 Å². The number of para-hydroxylation sites is 3. The van der Waals surface area contributed by atoms with Crippen LogP contribution in [0.4, 0.5) is 10.5 Å². The van der Waals surface area contributed by atoms with Crippen LogP contribution in [0.2, 0.25) is 0 Å². The predicted molar refractivity (Wildman–Crippen MR) is 123 cm³/mol. The van der Waals surface area contributed by atoms with Gasteiger partial charge in [-0.3, -0.25) is 14.5 Å². The molecule has 2 N–H and O–H groups in total. The van der Waals surface area contributed by atoms with E-state index in [2.05, 4.69) is 10.6 Å². The molecule has 3 aromatic rings. The van der Waals surface area contributed by atoms with E-state index in [9.17, 15) is 14.4 Å². The summed E-state index contributed by atoms with van der Waals surface area (Å²) in [5.74, 6) is 0.227. The summed E-state index contributed by atoms with van der Waals surface area (Å²) in [4.78, 5) is 40.0. The number of fused-ring (bicyclic) bond motifs is 2. The molecule has 1 aliphatic heterocycles. The summed E-state index contributed by atoms with van der Waals surface area (Å²) in [5, 5.41) is 5.64. The minimum atomic E-state index is -1.10. The summed E-state index contributed by atoms with van der Waals surface area (Å²) in [7, 11) is 0. The van der Waals surface area contributed by atoms with Gasteiger partial charge in [-0.2, -0.15) is 0 Å². The number of hydrogen-bond donors (Lipinski definition) is 2. The van der Waals surface area contributed by atoms with Gasteiger partial charge in [0, 0.05) is 0 Å². The molecule has 1 atom stereocenters. The van der Waals surface area contributed by atoms with Crippen molar-refractivity contribution in [3.8, 4) is 11.5 Å². The van der Waals surface area contributed by atoms with Crippen LogP contribution < -0.4 is 15.4 Å². The van der Waals surface area contributed by atoms with Crippen LogP contribution in [0, 0.1) is 0 Å². The van der Waals surface area contributed by atoms with E-state index in [0.717, 1.165) is 28.9 Å². The van der Waals surface area contributed by atoms with E-state index in [1.54, 1.807) is 24.3 Å². The smallest absolute Gasteiger partial charge is 0.325 e. The van der Waals surface area contributed by atoms with Crippen molar-refractivity contribution in [1.29, 1.82) is 0 Å². The van der Waals surface area contributed by atoms with Gasteiger partial charge in [0.05, 0.1) is 5.69 Å². The summed E-state index contributed by atoms with van der Waals surface area (Å²) in [6, 6.07) is 23.3. The molecular formula is C26H23N3O4. The number of amides is 4. The van der Waals surface area contributed by atoms with Gasteiger partial charge in [-0.1, -0.05) is 54.6 Å². The van der Waals surface area contributed by atoms with Crippen LogP contribution in [0.15, 0.2) is 78.9 Å². The number of benzene rings is 3. The van der Waals surface area contributed by atoms with E-state index in [4.69, 9.17) is 4.74 Å². The van der Waals surface area contributed by atoms with Crippen molar-refractivity contribution < 1.29 is 19.1 Å². The lowest BCUT2D eigenvalue weighted by molar-refractivity contribution is -0.134. The maximum atomic E-state index is 13.4. The van der Waals surface area contributed by atoms with Crippen LogP contribution in [0.25, 0.3) is 0 Å². The number of ether oxygens (including phenoxy) is 1. The molecule has 0 unspecified atom stereocenters. The molecular weight excluding hydrogens is 418 g/mol. The van der Waals surface area contributed by atoms with Crippen molar-refractivity contribution in [2.45, 2.75) is 24.8 Å². The van der Waals surface area contributed by atoms with Gasteiger partial charge < -0.3 is 15.4 Å². The average Bonchev–Trinajstić information content (AvgIpc) is 3.06. The summed E-state index contributed by atoms with van der Waals surface area (Å²) in [6.45, 7) is -0.381. The number of urea groups is 1. The van der Waals surface area contributed by atoms with Gasteiger partial charge in [-0.05, 0) is 54.7 Å². The Morgan fingerprint density at radius 2 is 1.70 bits per heavy atom. The first-order valence-electron chi connectivity index (χ1n) is 10.9. The molecule has 2 aliphatic rings. The highest BCUT2D eigenvalue weighted by atomic mass is 16.5. The quantitative estimate of drug-likeness (QED) is 0.581. The molecule has 7 nitrogen and oxygen atoms in total. The molecule has 166 valence electrons. The van der Waals surface area contributed by atoms with Crippen molar-refractivity contribution in [1.82, 2.24) is 10.2 Å². The fourth-order valence-corrected chi connectivity index (χ4v) is 4.56. The summed E-state index contributed by atoms with van der Waals surface area (Å²) in [6.07, 6.45) is 2.16. The summed E-state index contributed by atoms with van der Waals surface area (Å²) >= 11 is 0.